The van der Waals surface area contributed by atoms with E-state index in [4.69, 9.17) is 0 Å². The fraction of sp³-hybridized carbons (Fsp3) is 0.333. The summed E-state index contributed by atoms with van der Waals surface area (Å²) in [5.74, 6) is 0. The number of rotatable bonds is 2. The Kier molecular flexibility index (Phi) is 1.91. The second kappa shape index (κ2) is 3.29. The number of nitrogens with one attached hydrogen (secondary N) is 1. The normalized spacial score (nSPS) is 17.8. The van der Waals surface area contributed by atoms with Gasteiger partial charge >= 0.3 is 0 Å². The fourth-order valence-corrected chi connectivity index (χ4v) is 2.29. The molecule has 0 amide bonds. The van der Waals surface area contributed by atoms with E-state index in [1.54, 1.807) is 12.4 Å². The molecule has 1 saturated carbocycles. The van der Waals surface area contributed by atoms with Crippen molar-refractivity contribution < 1.29 is 4.79 Å². The number of imidazole rings is 1. The van der Waals surface area contributed by atoms with Gasteiger partial charge in [0.2, 0.25) is 6.08 Å². The summed E-state index contributed by atoms with van der Waals surface area (Å²) < 4.78 is 0. The molecule has 2 aromatic rings. The third kappa shape index (κ3) is 1.20. The summed E-state index contributed by atoms with van der Waals surface area (Å²) in [5, 5.41) is 0. The molecule has 3 rings (SSSR count). The molecular weight excluding hydrogens is 202 g/mol. The molecule has 1 aromatic carbocycles. The highest BCUT2D eigenvalue weighted by atomic mass is 16.1. The second-order valence-electron chi connectivity index (χ2n) is 4.22. The van der Waals surface area contributed by atoms with Gasteiger partial charge in [-0.25, -0.2) is 9.78 Å². The van der Waals surface area contributed by atoms with Gasteiger partial charge in [0.25, 0.3) is 0 Å². The lowest BCUT2D eigenvalue weighted by Crippen LogP contribution is -2.31. The van der Waals surface area contributed by atoms with Crippen molar-refractivity contribution >= 4 is 17.1 Å². The fourth-order valence-electron chi connectivity index (χ4n) is 2.29. The maximum atomic E-state index is 10.5. The van der Waals surface area contributed by atoms with Crippen molar-refractivity contribution in [2.24, 2.45) is 4.99 Å². The molecule has 1 N–H and O–H groups in total. The van der Waals surface area contributed by atoms with Crippen LogP contribution in [0.3, 0.4) is 0 Å². The van der Waals surface area contributed by atoms with Gasteiger partial charge in [0, 0.05) is 0 Å². The molecule has 4 heteroatoms. The predicted octanol–water partition coefficient (Wildman–Crippen LogP) is 2.28. The maximum absolute atomic E-state index is 10.5. The van der Waals surface area contributed by atoms with Crippen molar-refractivity contribution in [2.75, 3.05) is 0 Å². The van der Waals surface area contributed by atoms with Gasteiger partial charge in [0.15, 0.2) is 0 Å². The van der Waals surface area contributed by atoms with Crippen LogP contribution in [0.25, 0.3) is 11.0 Å². The van der Waals surface area contributed by atoms with E-state index in [0.717, 1.165) is 35.9 Å². The molecular formula is C12H11N3O. The standard InChI is InChI=1S/C12H11N3O/c16-8-15-12(4-1-5-12)9-2-3-10-11(6-9)14-7-13-10/h2-3,6-7H,1,4-5H2,(H,13,14). The van der Waals surface area contributed by atoms with Crippen molar-refractivity contribution in [3.63, 3.8) is 0 Å². The van der Waals surface area contributed by atoms with Gasteiger partial charge < -0.3 is 4.98 Å². The summed E-state index contributed by atoms with van der Waals surface area (Å²) in [7, 11) is 0. The minimum absolute atomic E-state index is 0.318. The summed E-state index contributed by atoms with van der Waals surface area (Å²) in [5.41, 5.74) is 2.69. The van der Waals surface area contributed by atoms with E-state index in [1.165, 1.54) is 0 Å². The molecule has 80 valence electrons. The monoisotopic (exact) mass is 213 g/mol. The molecule has 0 aliphatic heterocycles. The third-order valence-electron chi connectivity index (χ3n) is 3.40. The highest BCUT2D eigenvalue weighted by Crippen LogP contribution is 2.45. The second-order valence-corrected chi connectivity index (χ2v) is 4.22. The molecule has 16 heavy (non-hydrogen) atoms. The summed E-state index contributed by atoms with van der Waals surface area (Å²) in [6.45, 7) is 0. The van der Waals surface area contributed by atoms with Gasteiger partial charge in [-0.2, -0.15) is 4.99 Å². The molecule has 0 atom stereocenters. The minimum atomic E-state index is -0.318. The largest absolute Gasteiger partial charge is 0.345 e. The summed E-state index contributed by atoms with van der Waals surface area (Å²) in [6, 6.07) is 5.99. The first-order chi connectivity index (χ1) is 7.84. The van der Waals surface area contributed by atoms with Crippen molar-refractivity contribution in [1.29, 1.82) is 0 Å². The van der Waals surface area contributed by atoms with Crippen LogP contribution < -0.4 is 0 Å². The van der Waals surface area contributed by atoms with Crippen LogP contribution in [0.2, 0.25) is 0 Å². The SMILES string of the molecule is O=C=NC1(c2ccc3nc[nH]c3c2)CCC1. The van der Waals surface area contributed by atoms with E-state index in [0.29, 0.717) is 0 Å². The number of aromatic amines is 1. The Hall–Kier alpha value is -1.93. The first kappa shape index (κ1) is 9.31. The lowest BCUT2D eigenvalue weighted by atomic mass is 9.72. The first-order valence-corrected chi connectivity index (χ1v) is 5.37. The summed E-state index contributed by atoms with van der Waals surface area (Å²) in [4.78, 5) is 21.7. The van der Waals surface area contributed by atoms with Crippen LogP contribution in [-0.4, -0.2) is 16.0 Å². The molecule has 1 aromatic heterocycles. The van der Waals surface area contributed by atoms with Crippen molar-refractivity contribution in [2.45, 2.75) is 24.8 Å². The number of aliphatic imine (C=N–C) groups is 1. The van der Waals surface area contributed by atoms with Gasteiger partial charge in [0.1, 0.15) is 0 Å². The molecule has 1 heterocycles. The smallest absolute Gasteiger partial charge is 0.235 e. The minimum Gasteiger partial charge on any atom is -0.345 e. The Morgan fingerprint density at radius 2 is 2.31 bits per heavy atom. The summed E-state index contributed by atoms with van der Waals surface area (Å²) in [6.07, 6.45) is 6.35. The summed E-state index contributed by atoms with van der Waals surface area (Å²) >= 11 is 0. The zero-order valence-electron chi connectivity index (χ0n) is 8.73. The Morgan fingerprint density at radius 1 is 1.44 bits per heavy atom. The molecule has 0 unspecified atom stereocenters. The number of hydrogen-bond donors (Lipinski definition) is 1. The highest BCUT2D eigenvalue weighted by Gasteiger charge is 2.38. The maximum Gasteiger partial charge on any atom is 0.235 e. The van der Waals surface area contributed by atoms with E-state index >= 15 is 0 Å². The van der Waals surface area contributed by atoms with Crippen LogP contribution in [-0.2, 0) is 10.3 Å². The number of fused-ring (bicyclic) bond motifs is 1. The van der Waals surface area contributed by atoms with E-state index < -0.39 is 0 Å². The zero-order valence-corrected chi connectivity index (χ0v) is 8.73. The van der Waals surface area contributed by atoms with E-state index in [-0.39, 0.29) is 5.54 Å². The highest BCUT2D eigenvalue weighted by molar-refractivity contribution is 5.75. The van der Waals surface area contributed by atoms with Crippen LogP contribution in [0.1, 0.15) is 24.8 Å². The quantitative estimate of drug-likeness (QED) is 0.614. The van der Waals surface area contributed by atoms with E-state index in [2.05, 4.69) is 15.0 Å². The number of aromatic nitrogens is 2. The third-order valence-corrected chi connectivity index (χ3v) is 3.40. The average Bonchev–Trinajstić information content (AvgIpc) is 2.70. The van der Waals surface area contributed by atoms with Crippen molar-refractivity contribution in [3.05, 3.63) is 30.1 Å². The average molecular weight is 213 g/mol. The number of isocyanates is 1. The number of nitrogens with zero attached hydrogens (tertiary/aromatic N) is 2. The predicted molar refractivity (Wildman–Crippen MR) is 59.7 cm³/mol. The number of H-pyrrole nitrogens is 1. The van der Waals surface area contributed by atoms with Crippen LogP contribution in [0, 0.1) is 0 Å². The molecule has 0 saturated heterocycles. The number of carbonyl (C=O) groups excluding carboxylic acids is 1. The van der Waals surface area contributed by atoms with Gasteiger partial charge in [0.05, 0.1) is 22.9 Å². The van der Waals surface area contributed by atoms with Gasteiger partial charge in [-0.05, 0) is 37.0 Å². The van der Waals surface area contributed by atoms with Crippen LogP contribution in [0.5, 0.6) is 0 Å². The van der Waals surface area contributed by atoms with Gasteiger partial charge in [-0.1, -0.05) is 6.07 Å². The van der Waals surface area contributed by atoms with Gasteiger partial charge in [-0.3, -0.25) is 0 Å². The molecule has 0 radical (unpaired) electrons. The Balaban J connectivity index is 2.13. The van der Waals surface area contributed by atoms with E-state index in [9.17, 15) is 4.79 Å². The zero-order chi connectivity index (χ0) is 11.0. The molecule has 1 fully saturated rings. The molecule has 1 aliphatic carbocycles. The Bertz CT molecular complexity index is 577. The van der Waals surface area contributed by atoms with Crippen molar-refractivity contribution in [1.82, 2.24) is 9.97 Å². The molecule has 0 bridgehead atoms. The lowest BCUT2D eigenvalue weighted by Gasteiger charge is -2.37. The Morgan fingerprint density at radius 3 is 3.00 bits per heavy atom. The molecule has 1 aliphatic rings. The Labute approximate surface area is 92.4 Å². The van der Waals surface area contributed by atoms with Crippen molar-refractivity contribution in [3.8, 4) is 0 Å². The number of benzene rings is 1. The number of hydrogen-bond acceptors (Lipinski definition) is 3. The van der Waals surface area contributed by atoms with Crippen LogP contribution in [0.15, 0.2) is 29.5 Å². The lowest BCUT2D eigenvalue weighted by molar-refractivity contribution is 0.256. The molecule has 0 spiro atoms. The van der Waals surface area contributed by atoms with E-state index in [1.807, 2.05) is 18.2 Å². The molecule has 4 nitrogen and oxygen atoms in total. The first-order valence-electron chi connectivity index (χ1n) is 5.37. The van der Waals surface area contributed by atoms with Crippen LogP contribution in [0.4, 0.5) is 0 Å². The van der Waals surface area contributed by atoms with Gasteiger partial charge in [-0.15, -0.1) is 0 Å². The topological polar surface area (TPSA) is 58.1 Å². The van der Waals surface area contributed by atoms with Crippen LogP contribution >= 0.6 is 0 Å².